The normalized spacial score (nSPS) is 12.6. The molecular weight excluding hydrogens is 300 g/mol. The van der Waals surface area contributed by atoms with Crippen LogP contribution in [0.1, 0.15) is 25.8 Å². The number of aliphatic imine (C=N–C) groups is 1. The highest BCUT2D eigenvalue weighted by atomic mass is 32.2. The summed E-state index contributed by atoms with van der Waals surface area (Å²) in [6, 6.07) is 8.01. The number of nitrogens with two attached hydrogens (primary N) is 1. The van der Waals surface area contributed by atoms with E-state index < -0.39 is 10.0 Å². The van der Waals surface area contributed by atoms with E-state index in [9.17, 15) is 8.42 Å². The first-order valence-corrected chi connectivity index (χ1v) is 9.09. The van der Waals surface area contributed by atoms with Crippen molar-refractivity contribution in [2.75, 3.05) is 31.2 Å². The third-order valence-corrected chi connectivity index (χ3v) is 5.25. The van der Waals surface area contributed by atoms with Crippen LogP contribution in [0.2, 0.25) is 0 Å². The molecular formula is C15H26N4O2S. The first kappa shape index (κ1) is 18.4. The van der Waals surface area contributed by atoms with Crippen LogP contribution in [0.15, 0.2) is 29.3 Å². The molecule has 22 heavy (non-hydrogen) atoms. The van der Waals surface area contributed by atoms with Crippen molar-refractivity contribution in [2.45, 2.75) is 26.7 Å². The molecule has 1 aromatic rings. The molecule has 6 nitrogen and oxygen atoms in total. The van der Waals surface area contributed by atoms with Gasteiger partial charge in [-0.05, 0) is 37.5 Å². The van der Waals surface area contributed by atoms with Gasteiger partial charge in [-0.15, -0.1) is 0 Å². The number of rotatable bonds is 8. The minimum atomic E-state index is -3.12. The van der Waals surface area contributed by atoms with Crippen LogP contribution in [0.25, 0.3) is 0 Å². The van der Waals surface area contributed by atoms with Crippen LogP contribution < -0.4 is 11.1 Å². The summed E-state index contributed by atoms with van der Waals surface area (Å²) in [5.74, 6) is 0.453. The molecule has 1 rings (SSSR count). The number of anilines is 1. The summed E-state index contributed by atoms with van der Waals surface area (Å²) in [5.41, 5.74) is 7.97. The maximum Gasteiger partial charge on any atom is 0.213 e. The Morgan fingerprint density at radius 2 is 1.91 bits per heavy atom. The Balaban J connectivity index is 2.39. The zero-order chi connectivity index (χ0) is 16.6. The quantitative estimate of drug-likeness (QED) is 0.432. The lowest BCUT2D eigenvalue weighted by Crippen LogP contribution is -2.30. The Morgan fingerprint density at radius 3 is 2.45 bits per heavy atom. The summed E-state index contributed by atoms with van der Waals surface area (Å²) in [7, 11) is -1.53. The van der Waals surface area contributed by atoms with Crippen LogP contribution in [0.5, 0.6) is 0 Å². The molecule has 1 aromatic carbocycles. The van der Waals surface area contributed by atoms with E-state index >= 15 is 0 Å². The fourth-order valence-corrected chi connectivity index (χ4v) is 2.71. The van der Waals surface area contributed by atoms with Crippen LogP contribution in [-0.4, -0.2) is 44.6 Å². The van der Waals surface area contributed by atoms with Crippen molar-refractivity contribution in [3.8, 4) is 0 Å². The van der Waals surface area contributed by atoms with Gasteiger partial charge in [-0.1, -0.05) is 19.1 Å². The zero-order valence-electron chi connectivity index (χ0n) is 13.5. The van der Waals surface area contributed by atoms with Crippen LogP contribution >= 0.6 is 0 Å². The SMILES string of the molecule is CCc1ccc(NC(N)=NCCCN(C)S(=O)(=O)CC)cc1. The van der Waals surface area contributed by atoms with Gasteiger partial charge in [0.2, 0.25) is 10.0 Å². The topological polar surface area (TPSA) is 87.8 Å². The van der Waals surface area contributed by atoms with Crippen molar-refractivity contribution in [3.05, 3.63) is 29.8 Å². The molecule has 0 aliphatic heterocycles. The highest BCUT2D eigenvalue weighted by Gasteiger charge is 2.13. The van der Waals surface area contributed by atoms with Crippen molar-refractivity contribution in [2.24, 2.45) is 10.7 Å². The van der Waals surface area contributed by atoms with Crippen molar-refractivity contribution in [1.82, 2.24) is 4.31 Å². The highest BCUT2D eigenvalue weighted by Crippen LogP contribution is 2.09. The molecule has 0 aromatic heterocycles. The average Bonchev–Trinajstić information content (AvgIpc) is 2.52. The van der Waals surface area contributed by atoms with Gasteiger partial charge in [-0.3, -0.25) is 4.99 Å². The molecule has 0 spiro atoms. The lowest BCUT2D eigenvalue weighted by Gasteiger charge is -2.15. The largest absolute Gasteiger partial charge is 0.370 e. The minimum Gasteiger partial charge on any atom is -0.370 e. The molecule has 0 atom stereocenters. The van der Waals surface area contributed by atoms with Gasteiger partial charge in [0.15, 0.2) is 5.96 Å². The first-order chi connectivity index (χ1) is 10.4. The maximum absolute atomic E-state index is 11.6. The van der Waals surface area contributed by atoms with E-state index in [0.29, 0.717) is 25.5 Å². The lowest BCUT2D eigenvalue weighted by atomic mass is 10.1. The summed E-state index contributed by atoms with van der Waals surface area (Å²) < 4.78 is 24.5. The highest BCUT2D eigenvalue weighted by molar-refractivity contribution is 7.89. The van der Waals surface area contributed by atoms with Crippen LogP contribution in [-0.2, 0) is 16.4 Å². The third-order valence-electron chi connectivity index (χ3n) is 3.39. The zero-order valence-corrected chi connectivity index (χ0v) is 14.4. The fraction of sp³-hybridized carbons (Fsp3) is 0.533. The van der Waals surface area contributed by atoms with Crippen LogP contribution in [0, 0.1) is 0 Å². The Kier molecular flexibility index (Phi) is 7.34. The molecule has 0 aliphatic rings. The van der Waals surface area contributed by atoms with Crippen molar-refractivity contribution in [3.63, 3.8) is 0 Å². The molecule has 3 N–H and O–H groups in total. The van der Waals surface area contributed by atoms with E-state index in [1.54, 1.807) is 14.0 Å². The van der Waals surface area contributed by atoms with Crippen LogP contribution in [0.4, 0.5) is 5.69 Å². The van der Waals surface area contributed by atoms with Gasteiger partial charge in [0.05, 0.1) is 5.75 Å². The minimum absolute atomic E-state index is 0.115. The lowest BCUT2D eigenvalue weighted by molar-refractivity contribution is 0.465. The second-order valence-electron chi connectivity index (χ2n) is 5.02. The summed E-state index contributed by atoms with van der Waals surface area (Å²) >= 11 is 0. The fourth-order valence-electron chi connectivity index (χ4n) is 1.86. The van der Waals surface area contributed by atoms with Gasteiger partial charge in [-0.2, -0.15) is 0 Å². The summed E-state index contributed by atoms with van der Waals surface area (Å²) in [5, 5.41) is 3.02. The summed E-state index contributed by atoms with van der Waals surface area (Å²) in [4.78, 5) is 4.20. The molecule has 0 radical (unpaired) electrons. The van der Waals surface area contributed by atoms with Crippen molar-refractivity contribution in [1.29, 1.82) is 0 Å². The summed E-state index contributed by atoms with van der Waals surface area (Å²) in [6.07, 6.45) is 1.63. The number of hydrogen-bond acceptors (Lipinski definition) is 3. The Hall–Kier alpha value is -1.60. The predicted molar refractivity (Wildman–Crippen MR) is 92.6 cm³/mol. The monoisotopic (exact) mass is 326 g/mol. The van der Waals surface area contributed by atoms with E-state index in [-0.39, 0.29) is 5.75 Å². The molecule has 0 aliphatic carbocycles. The van der Waals surface area contributed by atoms with Gasteiger partial charge in [0.1, 0.15) is 0 Å². The standard InChI is InChI=1S/C15H26N4O2S/c1-4-13-7-9-14(10-8-13)18-15(16)17-11-6-12-19(3)22(20,21)5-2/h7-10H,4-6,11-12H2,1-3H3,(H3,16,17,18). The second kappa shape index (κ2) is 8.75. The number of hydrogen-bond donors (Lipinski definition) is 2. The predicted octanol–water partition coefficient (Wildman–Crippen LogP) is 1.65. The smallest absolute Gasteiger partial charge is 0.213 e. The molecule has 0 saturated heterocycles. The van der Waals surface area contributed by atoms with Crippen molar-refractivity contribution < 1.29 is 8.42 Å². The average molecular weight is 326 g/mol. The van der Waals surface area contributed by atoms with Gasteiger partial charge < -0.3 is 11.1 Å². The van der Waals surface area contributed by atoms with E-state index in [4.69, 9.17) is 5.73 Å². The molecule has 0 unspecified atom stereocenters. The number of sulfonamides is 1. The molecule has 0 amide bonds. The molecule has 0 saturated carbocycles. The second-order valence-corrected chi connectivity index (χ2v) is 7.38. The number of aryl methyl sites for hydroxylation is 1. The van der Waals surface area contributed by atoms with Gasteiger partial charge in [-0.25, -0.2) is 12.7 Å². The Morgan fingerprint density at radius 1 is 1.27 bits per heavy atom. The molecule has 124 valence electrons. The number of guanidine groups is 1. The van der Waals surface area contributed by atoms with Gasteiger partial charge in [0, 0.05) is 25.8 Å². The van der Waals surface area contributed by atoms with E-state index in [1.165, 1.54) is 9.87 Å². The van der Waals surface area contributed by atoms with Crippen LogP contribution in [0.3, 0.4) is 0 Å². The van der Waals surface area contributed by atoms with Gasteiger partial charge in [0.25, 0.3) is 0 Å². The number of nitrogens with zero attached hydrogens (tertiary/aromatic N) is 2. The summed E-state index contributed by atoms with van der Waals surface area (Å²) in [6.45, 7) is 4.66. The van der Waals surface area contributed by atoms with E-state index in [2.05, 4.69) is 17.2 Å². The Labute approximate surface area is 133 Å². The van der Waals surface area contributed by atoms with Gasteiger partial charge >= 0.3 is 0 Å². The maximum atomic E-state index is 11.6. The molecule has 0 fully saturated rings. The van der Waals surface area contributed by atoms with Crippen molar-refractivity contribution >= 4 is 21.7 Å². The number of benzene rings is 1. The van der Waals surface area contributed by atoms with E-state index in [1.807, 2.05) is 24.3 Å². The molecule has 0 heterocycles. The molecule has 0 bridgehead atoms. The Bertz CT molecular complexity index is 582. The third kappa shape index (κ3) is 6.03. The first-order valence-electron chi connectivity index (χ1n) is 7.49. The number of nitrogens with one attached hydrogen (secondary N) is 1. The van der Waals surface area contributed by atoms with E-state index in [0.717, 1.165) is 12.1 Å². The molecule has 7 heteroatoms.